The quantitative estimate of drug-likeness (QED) is 0.901. The molecule has 5 nitrogen and oxygen atoms in total. The number of likely N-dealkylation sites (tertiary alicyclic amines) is 1. The van der Waals surface area contributed by atoms with Crippen LogP contribution in [0.1, 0.15) is 45.6 Å². The van der Waals surface area contributed by atoms with Gasteiger partial charge in [-0.25, -0.2) is 4.79 Å². The second-order valence-corrected chi connectivity index (χ2v) is 6.70. The number of aromatic amines is 1. The normalized spacial score (nSPS) is 20.1. The smallest absolute Gasteiger partial charge is 0.410 e. The number of aromatic nitrogens is 1. The summed E-state index contributed by atoms with van der Waals surface area (Å²) in [5.41, 5.74) is 0.846. The molecule has 2 N–H and O–H groups in total. The zero-order valence-corrected chi connectivity index (χ0v) is 13.3. The average Bonchev–Trinajstić information content (AvgIpc) is 2.78. The minimum absolute atomic E-state index is 0.186. The first-order valence-corrected chi connectivity index (χ1v) is 7.77. The van der Waals surface area contributed by atoms with E-state index >= 15 is 0 Å². The minimum atomic E-state index is -0.421. The van der Waals surface area contributed by atoms with Crippen molar-refractivity contribution in [3.05, 3.63) is 24.0 Å². The van der Waals surface area contributed by atoms with Crippen LogP contribution in [0.25, 0.3) is 0 Å². The van der Waals surface area contributed by atoms with E-state index in [-0.39, 0.29) is 6.09 Å². The predicted molar refractivity (Wildman–Crippen MR) is 83.1 cm³/mol. The molecule has 1 aromatic heterocycles. The lowest BCUT2D eigenvalue weighted by Crippen LogP contribution is -2.38. The molecule has 1 unspecified atom stereocenters. The van der Waals surface area contributed by atoms with Crippen LogP contribution in [0.3, 0.4) is 0 Å². The highest BCUT2D eigenvalue weighted by Crippen LogP contribution is 2.16. The maximum atomic E-state index is 12.1. The van der Waals surface area contributed by atoms with Crippen LogP contribution >= 0.6 is 0 Å². The van der Waals surface area contributed by atoms with E-state index in [4.69, 9.17) is 4.74 Å². The monoisotopic (exact) mass is 293 g/mol. The van der Waals surface area contributed by atoms with Gasteiger partial charge in [0.15, 0.2) is 0 Å². The van der Waals surface area contributed by atoms with Gasteiger partial charge in [-0.2, -0.15) is 0 Å². The molecule has 1 saturated heterocycles. The van der Waals surface area contributed by atoms with Crippen LogP contribution in [-0.2, 0) is 11.3 Å². The fourth-order valence-electron chi connectivity index (χ4n) is 2.54. The van der Waals surface area contributed by atoms with Crippen LogP contribution in [0.5, 0.6) is 0 Å². The van der Waals surface area contributed by atoms with E-state index in [1.807, 2.05) is 38.1 Å². The summed E-state index contributed by atoms with van der Waals surface area (Å²) in [6.07, 6.45) is 6.86. The summed E-state index contributed by atoms with van der Waals surface area (Å²) in [5.74, 6) is 0. The summed E-state index contributed by atoms with van der Waals surface area (Å²) in [5, 5.41) is 3.57. The van der Waals surface area contributed by atoms with Crippen molar-refractivity contribution in [1.29, 1.82) is 0 Å². The lowest BCUT2D eigenvalue weighted by molar-refractivity contribution is 0.0256. The predicted octanol–water partition coefficient (Wildman–Crippen LogP) is 2.89. The van der Waals surface area contributed by atoms with Crippen molar-refractivity contribution in [3.63, 3.8) is 0 Å². The van der Waals surface area contributed by atoms with Crippen molar-refractivity contribution < 1.29 is 9.53 Å². The van der Waals surface area contributed by atoms with Gasteiger partial charge in [-0.15, -0.1) is 0 Å². The number of hydrogen-bond acceptors (Lipinski definition) is 3. The number of rotatable bonds is 3. The number of hydrogen-bond donors (Lipinski definition) is 2. The van der Waals surface area contributed by atoms with Crippen molar-refractivity contribution in [2.24, 2.45) is 0 Å². The molecular formula is C16H27N3O2. The highest BCUT2D eigenvalue weighted by molar-refractivity contribution is 5.68. The van der Waals surface area contributed by atoms with Crippen molar-refractivity contribution in [1.82, 2.24) is 15.2 Å². The van der Waals surface area contributed by atoms with Crippen LogP contribution in [0.2, 0.25) is 0 Å². The van der Waals surface area contributed by atoms with E-state index in [0.29, 0.717) is 6.04 Å². The Morgan fingerprint density at radius 3 is 2.90 bits per heavy atom. The summed E-state index contributed by atoms with van der Waals surface area (Å²) < 4.78 is 5.45. The third-order valence-corrected chi connectivity index (χ3v) is 3.64. The second kappa shape index (κ2) is 6.98. The molecule has 1 atom stereocenters. The van der Waals surface area contributed by atoms with Crippen molar-refractivity contribution in [2.45, 2.75) is 58.2 Å². The highest BCUT2D eigenvalue weighted by atomic mass is 16.6. The van der Waals surface area contributed by atoms with Gasteiger partial charge in [-0.05, 0) is 51.7 Å². The van der Waals surface area contributed by atoms with E-state index in [1.54, 1.807) is 0 Å². The van der Waals surface area contributed by atoms with E-state index in [2.05, 4.69) is 16.4 Å². The lowest BCUT2D eigenvalue weighted by Gasteiger charge is -2.26. The molecule has 0 spiro atoms. The topological polar surface area (TPSA) is 57.4 Å². The first kappa shape index (κ1) is 15.9. The van der Waals surface area contributed by atoms with E-state index in [9.17, 15) is 4.79 Å². The molecule has 0 aromatic carbocycles. The standard InChI is InChI=1S/C16H27N3O2/c1-16(2,3)21-15(20)19-9-4-5-14(7-10-19)18-12-13-6-8-17-11-13/h6,8,11,14,17-18H,4-5,7,9-10,12H2,1-3H3. The fourth-order valence-corrected chi connectivity index (χ4v) is 2.54. The lowest BCUT2D eigenvalue weighted by atomic mass is 10.1. The van der Waals surface area contributed by atoms with Crippen LogP contribution in [0, 0.1) is 0 Å². The van der Waals surface area contributed by atoms with Crippen molar-refractivity contribution in [3.8, 4) is 0 Å². The number of ether oxygens (including phenoxy) is 1. The molecule has 118 valence electrons. The molecule has 0 radical (unpaired) electrons. The van der Waals surface area contributed by atoms with Gasteiger partial charge >= 0.3 is 6.09 Å². The van der Waals surface area contributed by atoms with E-state index < -0.39 is 5.60 Å². The molecule has 0 aliphatic carbocycles. The Labute approximate surface area is 127 Å². The SMILES string of the molecule is CC(C)(C)OC(=O)N1CCCC(NCc2cc[nH]c2)CC1. The van der Waals surface area contributed by atoms with E-state index in [1.165, 1.54) is 5.56 Å². The van der Waals surface area contributed by atoms with Crippen LogP contribution < -0.4 is 5.32 Å². The number of nitrogens with zero attached hydrogens (tertiary/aromatic N) is 1. The Balaban J connectivity index is 1.77. The Hall–Kier alpha value is -1.49. The summed E-state index contributed by atoms with van der Waals surface area (Å²) in [7, 11) is 0. The third kappa shape index (κ3) is 5.42. The van der Waals surface area contributed by atoms with Crippen molar-refractivity contribution in [2.75, 3.05) is 13.1 Å². The van der Waals surface area contributed by atoms with Crippen LogP contribution in [0.4, 0.5) is 4.79 Å². The second-order valence-electron chi connectivity index (χ2n) is 6.70. The minimum Gasteiger partial charge on any atom is -0.444 e. The third-order valence-electron chi connectivity index (χ3n) is 3.64. The fraction of sp³-hybridized carbons (Fsp3) is 0.688. The molecule has 5 heteroatoms. The Morgan fingerprint density at radius 1 is 1.43 bits per heavy atom. The maximum Gasteiger partial charge on any atom is 0.410 e. The van der Waals surface area contributed by atoms with Gasteiger partial charge < -0.3 is 19.9 Å². The number of H-pyrrole nitrogens is 1. The zero-order valence-electron chi connectivity index (χ0n) is 13.3. The van der Waals surface area contributed by atoms with Gasteiger partial charge in [0.05, 0.1) is 0 Å². The van der Waals surface area contributed by atoms with Gasteiger partial charge in [0.25, 0.3) is 0 Å². The zero-order chi connectivity index (χ0) is 15.3. The molecule has 1 aliphatic rings. The molecule has 1 aromatic rings. The van der Waals surface area contributed by atoms with E-state index in [0.717, 1.165) is 38.9 Å². The maximum absolute atomic E-state index is 12.1. The molecule has 1 aliphatic heterocycles. The molecular weight excluding hydrogens is 266 g/mol. The number of amides is 1. The molecule has 1 amide bonds. The Kier molecular flexibility index (Phi) is 5.28. The highest BCUT2D eigenvalue weighted by Gasteiger charge is 2.24. The molecule has 2 rings (SSSR count). The summed E-state index contributed by atoms with van der Waals surface area (Å²) in [6, 6.07) is 2.55. The van der Waals surface area contributed by atoms with Gasteiger partial charge in [0.1, 0.15) is 5.60 Å². The molecule has 0 saturated carbocycles. The largest absolute Gasteiger partial charge is 0.444 e. The summed E-state index contributed by atoms with van der Waals surface area (Å²) in [4.78, 5) is 17.0. The summed E-state index contributed by atoms with van der Waals surface area (Å²) in [6.45, 7) is 8.15. The van der Waals surface area contributed by atoms with Gasteiger partial charge in [-0.3, -0.25) is 0 Å². The van der Waals surface area contributed by atoms with Crippen molar-refractivity contribution >= 4 is 6.09 Å². The molecule has 1 fully saturated rings. The first-order chi connectivity index (χ1) is 9.94. The van der Waals surface area contributed by atoms with Crippen LogP contribution in [-0.4, -0.2) is 40.7 Å². The van der Waals surface area contributed by atoms with Gasteiger partial charge in [-0.1, -0.05) is 0 Å². The number of carbonyl (C=O) groups is 1. The first-order valence-electron chi connectivity index (χ1n) is 7.77. The molecule has 2 heterocycles. The number of nitrogens with one attached hydrogen (secondary N) is 2. The Bertz CT molecular complexity index is 437. The molecule has 21 heavy (non-hydrogen) atoms. The van der Waals surface area contributed by atoms with Crippen LogP contribution in [0.15, 0.2) is 18.5 Å². The summed E-state index contributed by atoms with van der Waals surface area (Å²) >= 11 is 0. The van der Waals surface area contributed by atoms with Gasteiger partial charge in [0, 0.05) is 38.1 Å². The Morgan fingerprint density at radius 2 is 2.24 bits per heavy atom. The number of carbonyl (C=O) groups excluding carboxylic acids is 1. The molecule has 0 bridgehead atoms. The average molecular weight is 293 g/mol. The van der Waals surface area contributed by atoms with Gasteiger partial charge in [0.2, 0.25) is 0 Å².